The number of hydrogen-bond donors (Lipinski definition) is 1. The monoisotopic (exact) mass is 227 g/mol. The molecule has 0 aliphatic heterocycles. The van der Waals surface area contributed by atoms with Gasteiger partial charge in [-0.1, -0.05) is 0 Å². The van der Waals surface area contributed by atoms with Crippen LogP contribution < -0.4 is 0 Å². The summed E-state index contributed by atoms with van der Waals surface area (Å²) >= 11 is 0. The summed E-state index contributed by atoms with van der Waals surface area (Å²) in [4.78, 5) is 31.5. The molecule has 1 aromatic rings. The molecule has 1 heterocycles. The summed E-state index contributed by atoms with van der Waals surface area (Å²) < 4.78 is 4.74. The number of aromatic carboxylic acids is 1. The Balaban J connectivity index is 3.42. The number of hydrogen-bond acceptors (Lipinski definition) is 5. The van der Waals surface area contributed by atoms with Crippen LogP contribution in [-0.4, -0.2) is 21.8 Å². The summed E-state index contributed by atoms with van der Waals surface area (Å²) in [5.74, 6) is -2.46. The van der Waals surface area contributed by atoms with E-state index in [1.165, 1.54) is 13.8 Å². The summed E-state index contributed by atoms with van der Waals surface area (Å²) in [5.41, 5.74) is -0.482. The van der Waals surface area contributed by atoms with E-state index in [1.807, 2.05) is 0 Å². The second-order valence-corrected chi connectivity index (χ2v) is 3.26. The van der Waals surface area contributed by atoms with Gasteiger partial charge in [0, 0.05) is 6.42 Å². The van der Waals surface area contributed by atoms with Gasteiger partial charge in [-0.3, -0.25) is 14.9 Å². The number of ketones is 1. The molecule has 0 saturated carbocycles. The average Bonchev–Trinajstić information content (AvgIpc) is 2.41. The molecule has 0 atom stereocenters. The van der Waals surface area contributed by atoms with E-state index in [9.17, 15) is 19.7 Å². The summed E-state index contributed by atoms with van der Waals surface area (Å²) in [5, 5.41) is 19.5. The first-order chi connectivity index (χ1) is 7.34. The van der Waals surface area contributed by atoms with E-state index in [0.717, 1.165) is 0 Å². The molecule has 1 N–H and O–H groups in total. The van der Waals surface area contributed by atoms with Crippen molar-refractivity contribution in [1.29, 1.82) is 0 Å². The smallest absolute Gasteiger partial charge is 0.437 e. The molecular weight excluding hydrogens is 218 g/mol. The third kappa shape index (κ3) is 2.08. The van der Waals surface area contributed by atoms with Gasteiger partial charge in [0.1, 0.15) is 22.0 Å². The predicted octanol–water partition coefficient (Wildman–Crippen LogP) is 1.33. The number of carboxylic acids is 1. The van der Waals surface area contributed by atoms with Crippen molar-refractivity contribution in [2.24, 2.45) is 0 Å². The van der Waals surface area contributed by atoms with Crippen LogP contribution >= 0.6 is 0 Å². The minimum atomic E-state index is -1.34. The SMILES string of the molecule is CC(=O)Cc1c([N+](=O)[O-])oc(C)c1C(=O)O. The largest absolute Gasteiger partial charge is 0.478 e. The highest BCUT2D eigenvalue weighted by atomic mass is 16.6. The van der Waals surface area contributed by atoms with E-state index >= 15 is 0 Å². The number of furan rings is 1. The lowest BCUT2D eigenvalue weighted by Gasteiger charge is -1.95. The average molecular weight is 227 g/mol. The first-order valence-corrected chi connectivity index (χ1v) is 4.34. The van der Waals surface area contributed by atoms with Crippen LogP contribution in [0.25, 0.3) is 0 Å². The van der Waals surface area contributed by atoms with Crippen LogP contribution in [0.5, 0.6) is 0 Å². The highest BCUT2D eigenvalue weighted by Gasteiger charge is 2.30. The second-order valence-electron chi connectivity index (χ2n) is 3.26. The van der Waals surface area contributed by atoms with Gasteiger partial charge >= 0.3 is 11.9 Å². The number of nitro groups is 1. The van der Waals surface area contributed by atoms with E-state index in [-0.39, 0.29) is 29.1 Å². The zero-order valence-electron chi connectivity index (χ0n) is 8.64. The molecule has 0 aromatic carbocycles. The molecule has 0 fully saturated rings. The second kappa shape index (κ2) is 4.13. The van der Waals surface area contributed by atoms with Gasteiger partial charge in [0.2, 0.25) is 0 Å². The first kappa shape index (κ1) is 11.9. The van der Waals surface area contributed by atoms with E-state index in [4.69, 9.17) is 9.52 Å². The van der Waals surface area contributed by atoms with Crippen LogP contribution in [0.15, 0.2) is 4.42 Å². The molecule has 0 aliphatic rings. The lowest BCUT2D eigenvalue weighted by molar-refractivity contribution is -0.403. The number of Topliss-reactive ketones (excluding diaryl/α,β-unsaturated/α-hetero) is 1. The maximum absolute atomic E-state index is 10.9. The number of nitrogens with zero attached hydrogens (tertiary/aromatic N) is 1. The summed E-state index contributed by atoms with van der Waals surface area (Å²) in [6.07, 6.45) is -0.324. The van der Waals surface area contributed by atoms with E-state index in [1.54, 1.807) is 0 Å². The Morgan fingerprint density at radius 3 is 2.44 bits per heavy atom. The van der Waals surface area contributed by atoms with Crippen molar-refractivity contribution < 1.29 is 24.0 Å². The molecule has 0 bridgehead atoms. The fourth-order valence-corrected chi connectivity index (χ4v) is 1.42. The van der Waals surface area contributed by atoms with Crippen molar-refractivity contribution in [1.82, 2.24) is 0 Å². The highest BCUT2D eigenvalue weighted by Crippen LogP contribution is 2.29. The molecule has 0 saturated heterocycles. The van der Waals surface area contributed by atoms with E-state index in [0.29, 0.717) is 0 Å². The quantitative estimate of drug-likeness (QED) is 0.613. The molecule has 7 nitrogen and oxygen atoms in total. The third-order valence-electron chi connectivity index (χ3n) is 1.97. The Hall–Kier alpha value is -2.18. The molecule has 16 heavy (non-hydrogen) atoms. The standard InChI is InChI=1S/C9H9NO6/c1-4(11)3-6-7(9(12)13)5(2)16-8(6)10(14)15/h3H2,1-2H3,(H,12,13). The maximum atomic E-state index is 10.9. The van der Waals surface area contributed by atoms with Crippen molar-refractivity contribution in [2.45, 2.75) is 20.3 Å². The molecular formula is C9H9NO6. The van der Waals surface area contributed by atoms with Crippen LogP contribution in [0.4, 0.5) is 5.88 Å². The van der Waals surface area contributed by atoms with Crippen LogP contribution in [0.1, 0.15) is 28.6 Å². The lowest BCUT2D eigenvalue weighted by Crippen LogP contribution is -2.06. The van der Waals surface area contributed by atoms with Gasteiger partial charge in [-0.2, -0.15) is 0 Å². The Morgan fingerprint density at radius 2 is 2.06 bits per heavy atom. The minimum absolute atomic E-state index is 0.0737. The molecule has 7 heteroatoms. The van der Waals surface area contributed by atoms with Crippen molar-refractivity contribution in [3.05, 3.63) is 27.0 Å². The van der Waals surface area contributed by atoms with Crippen molar-refractivity contribution >= 4 is 17.6 Å². The maximum Gasteiger partial charge on any atom is 0.437 e. The molecule has 0 amide bonds. The number of rotatable bonds is 4. The lowest BCUT2D eigenvalue weighted by atomic mass is 10.1. The van der Waals surface area contributed by atoms with Gasteiger partial charge in [0.05, 0.1) is 5.56 Å². The van der Waals surface area contributed by atoms with E-state index < -0.39 is 16.8 Å². The topological polar surface area (TPSA) is 111 Å². The molecule has 0 aliphatic carbocycles. The zero-order chi connectivity index (χ0) is 12.5. The van der Waals surface area contributed by atoms with Gasteiger partial charge < -0.3 is 9.52 Å². The fourth-order valence-electron chi connectivity index (χ4n) is 1.42. The van der Waals surface area contributed by atoms with Crippen LogP contribution in [0.3, 0.4) is 0 Å². The van der Waals surface area contributed by atoms with Gasteiger partial charge in [0.25, 0.3) is 0 Å². The fraction of sp³-hybridized carbons (Fsp3) is 0.333. The van der Waals surface area contributed by atoms with E-state index in [2.05, 4.69) is 0 Å². The van der Waals surface area contributed by atoms with Gasteiger partial charge in [-0.25, -0.2) is 4.79 Å². The van der Waals surface area contributed by atoms with Crippen LogP contribution in [0.2, 0.25) is 0 Å². The Labute approximate surface area is 89.8 Å². The van der Waals surface area contributed by atoms with Gasteiger partial charge in [-0.05, 0) is 13.8 Å². The normalized spacial score (nSPS) is 10.1. The summed E-state index contributed by atoms with van der Waals surface area (Å²) in [7, 11) is 0. The van der Waals surface area contributed by atoms with Crippen molar-refractivity contribution in [3.63, 3.8) is 0 Å². The molecule has 86 valence electrons. The van der Waals surface area contributed by atoms with Gasteiger partial charge in [0.15, 0.2) is 0 Å². The summed E-state index contributed by atoms with van der Waals surface area (Å²) in [6, 6.07) is 0. The summed E-state index contributed by atoms with van der Waals surface area (Å²) in [6.45, 7) is 2.53. The molecule has 1 rings (SSSR count). The number of carbonyl (C=O) groups is 2. The zero-order valence-corrected chi connectivity index (χ0v) is 8.64. The predicted molar refractivity (Wildman–Crippen MR) is 51.4 cm³/mol. The number of aryl methyl sites for hydroxylation is 1. The van der Waals surface area contributed by atoms with Crippen molar-refractivity contribution in [3.8, 4) is 0 Å². The van der Waals surface area contributed by atoms with Crippen molar-refractivity contribution in [2.75, 3.05) is 0 Å². The first-order valence-electron chi connectivity index (χ1n) is 4.34. The van der Waals surface area contributed by atoms with Crippen LogP contribution in [-0.2, 0) is 11.2 Å². The number of carbonyl (C=O) groups excluding carboxylic acids is 1. The Bertz CT molecular complexity index is 473. The van der Waals surface area contributed by atoms with Gasteiger partial charge in [-0.15, -0.1) is 0 Å². The molecule has 0 spiro atoms. The van der Waals surface area contributed by atoms with Crippen LogP contribution in [0, 0.1) is 17.0 Å². The molecule has 0 radical (unpaired) electrons. The Morgan fingerprint density at radius 1 is 1.50 bits per heavy atom. The molecule has 1 aromatic heterocycles. The Kier molecular flexibility index (Phi) is 3.07. The molecule has 0 unspecified atom stereocenters. The highest BCUT2D eigenvalue weighted by molar-refractivity contribution is 5.94. The minimum Gasteiger partial charge on any atom is -0.478 e. The third-order valence-corrected chi connectivity index (χ3v) is 1.97. The number of carboxylic acid groups (broad SMARTS) is 1.